The molecule has 0 atom stereocenters. The van der Waals surface area contributed by atoms with Crippen molar-refractivity contribution in [1.29, 1.82) is 0 Å². The zero-order chi connectivity index (χ0) is 22.3. The summed E-state index contributed by atoms with van der Waals surface area (Å²) in [7, 11) is 1.60. The second kappa shape index (κ2) is 10.6. The Morgan fingerprint density at radius 1 is 1.19 bits per heavy atom. The van der Waals surface area contributed by atoms with E-state index >= 15 is 0 Å². The van der Waals surface area contributed by atoms with E-state index in [1.54, 1.807) is 30.8 Å². The average molecular weight is 453 g/mol. The zero-order valence-corrected chi connectivity index (χ0v) is 19.2. The summed E-state index contributed by atoms with van der Waals surface area (Å²) < 4.78 is 11.4. The predicted molar refractivity (Wildman–Crippen MR) is 125 cm³/mol. The monoisotopic (exact) mass is 452 g/mol. The molecule has 32 heavy (non-hydrogen) atoms. The molecule has 3 aromatic rings. The lowest BCUT2D eigenvalue weighted by molar-refractivity contribution is -0.121. The molecule has 0 spiro atoms. The molecule has 0 radical (unpaired) electrons. The van der Waals surface area contributed by atoms with E-state index in [-0.39, 0.29) is 11.8 Å². The highest BCUT2D eigenvalue weighted by atomic mass is 32.1. The van der Waals surface area contributed by atoms with E-state index < -0.39 is 0 Å². The third kappa shape index (κ3) is 5.83. The first-order valence-electron chi connectivity index (χ1n) is 10.7. The molecule has 1 N–H and O–H groups in total. The smallest absolute Gasteiger partial charge is 0.227 e. The number of hydrogen-bond donors (Lipinski definition) is 1. The molecule has 0 aliphatic carbocycles. The van der Waals surface area contributed by atoms with Gasteiger partial charge >= 0.3 is 0 Å². The summed E-state index contributed by atoms with van der Waals surface area (Å²) in [6.45, 7) is 5.08. The molecule has 1 aliphatic heterocycles. The number of nitrogens with zero attached hydrogens (tertiary/aromatic N) is 3. The minimum Gasteiger partial charge on any atom is -0.493 e. The highest BCUT2D eigenvalue weighted by Gasteiger charge is 2.25. The van der Waals surface area contributed by atoms with Crippen molar-refractivity contribution in [3.63, 3.8) is 0 Å². The van der Waals surface area contributed by atoms with Crippen LogP contribution >= 0.6 is 11.3 Å². The highest BCUT2D eigenvalue weighted by Crippen LogP contribution is 2.31. The van der Waals surface area contributed by atoms with Crippen molar-refractivity contribution >= 4 is 22.9 Å². The van der Waals surface area contributed by atoms with Crippen molar-refractivity contribution in [1.82, 2.24) is 14.9 Å². The predicted octanol–water partition coefficient (Wildman–Crippen LogP) is 4.28. The van der Waals surface area contributed by atoms with E-state index in [0.29, 0.717) is 23.8 Å². The number of carbonyl (C=O) groups excluding carboxylic acids is 1. The van der Waals surface area contributed by atoms with Gasteiger partial charge in [-0.25, -0.2) is 4.98 Å². The minimum absolute atomic E-state index is 0.00621. The van der Waals surface area contributed by atoms with E-state index in [0.717, 1.165) is 48.7 Å². The van der Waals surface area contributed by atoms with Gasteiger partial charge in [-0.05, 0) is 62.7 Å². The number of benzene rings is 1. The van der Waals surface area contributed by atoms with Gasteiger partial charge in [-0.3, -0.25) is 14.7 Å². The summed E-state index contributed by atoms with van der Waals surface area (Å²) >= 11 is 1.68. The van der Waals surface area contributed by atoms with Gasteiger partial charge in [0.05, 0.1) is 17.8 Å². The number of ether oxygens (including phenoxy) is 2. The molecule has 2 aromatic heterocycles. The third-order valence-corrected chi connectivity index (χ3v) is 6.41. The van der Waals surface area contributed by atoms with Crippen molar-refractivity contribution in [3.8, 4) is 11.5 Å². The van der Waals surface area contributed by atoms with Crippen LogP contribution in [0.5, 0.6) is 11.5 Å². The van der Waals surface area contributed by atoms with Gasteiger partial charge < -0.3 is 14.8 Å². The number of hydrogen-bond acceptors (Lipinski definition) is 7. The molecule has 0 saturated carbocycles. The van der Waals surface area contributed by atoms with E-state index in [1.165, 1.54) is 0 Å². The van der Waals surface area contributed by atoms with Gasteiger partial charge in [-0.15, -0.1) is 11.3 Å². The van der Waals surface area contributed by atoms with Crippen LogP contribution in [0.15, 0.2) is 48.1 Å². The van der Waals surface area contributed by atoms with Crippen LogP contribution in [0.2, 0.25) is 0 Å². The molecule has 4 rings (SSSR count). The number of thiazole rings is 1. The number of methoxy groups -OCH3 is 1. The Morgan fingerprint density at radius 3 is 2.66 bits per heavy atom. The molecule has 3 heterocycles. The van der Waals surface area contributed by atoms with Crippen LogP contribution in [0.4, 0.5) is 5.69 Å². The molecule has 1 fully saturated rings. The van der Waals surface area contributed by atoms with Gasteiger partial charge in [-0.1, -0.05) is 0 Å². The molecule has 168 valence electrons. The molecule has 8 heteroatoms. The zero-order valence-electron chi connectivity index (χ0n) is 18.4. The van der Waals surface area contributed by atoms with E-state index in [2.05, 4.69) is 25.6 Å². The number of amides is 1. The van der Waals surface area contributed by atoms with Gasteiger partial charge in [0, 0.05) is 42.0 Å². The number of carbonyl (C=O) groups is 1. The van der Waals surface area contributed by atoms with Gasteiger partial charge in [0.1, 0.15) is 6.61 Å². The summed E-state index contributed by atoms with van der Waals surface area (Å²) in [6.07, 6.45) is 5.15. The normalized spacial score (nSPS) is 14.8. The van der Waals surface area contributed by atoms with Crippen molar-refractivity contribution in [2.24, 2.45) is 5.92 Å². The number of nitrogens with one attached hydrogen (secondary N) is 1. The molecular formula is C24H28N4O3S. The van der Waals surface area contributed by atoms with Gasteiger partial charge in [0.25, 0.3) is 0 Å². The SMILES string of the molecule is COc1ccc(NC(=O)C2CCN(Cc3csc(C)n3)CC2)cc1OCc1ccncc1. The van der Waals surface area contributed by atoms with Crippen LogP contribution in [0.3, 0.4) is 0 Å². The number of likely N-dealkylation sites (tertiary alicyclic amines) is 1. The van der Waals surface area contributed by atoms with Gasteiger partial charge in [0.2, 0.25) is 5.91 Å². The van der Waals surface area contributed by atoms with E-state index in [4.69, 9.17) is 9.47 Å². The number of anilines is 1. The van der Waals surface area contributed by atoms with Crippen LogP contribution in [0.1, 0.15) is 29.1 Å². The Kier molecular flexibility index (Phi) is 7.34. The van der Waals surface area contributed by atoms with Crippen LogP contribution in [0.25, 0.3) is 0 Å². The lowest BCUT2D eigenvalue weighted by Crippen LogP contribution is -2.37. The number of aryl methyl sites for hydroxylation is 1. The quantitative estimate of drug-likeness (QED) is 0.550. The summed E-state index contributed by atoms with van der Waals surface area (Å²) in [5.74, 6) is 1.28. The molecule has 1 saturated heterocycles. The first-order chi connectivity index (χ1) is 15.6. The van der Waals surface area contributed by atoms with Gasteiger partial charge in [-0.2, -0.15) is 0 Å². The number of piperidine rings is 1. The van der Waals surface area contributed by atoms with E-state index in [9.17, 15) is 4.79 Å². The Hall–Kier alpha value is -2.97. The number of aromatic nitrogens is 2. The standard InChI is InChI=1S/C24H28N4O3S/c1-17-26-21(16-32-17)14-28-11-7-19(8-12-28)24(29)27-20-3-4-22(30-2)23(13-20)31-15-18-5-9-25-10-6-18/h3-6,9-10,13,16,19H,7-8,11-12,14-15H2,1-2H3,(H,27,29). The summed E-state index contributed by atoms with van der Waals surface area (Å²) in [6, 6.07) is 9.28. The summed E-state index contributed by atoms with van der Waals surface area (Å²) in [4.78, 5) is 23.8. The molecule has 0 bridgehead atoms. The van der Waals surface area contributed by atoms with Crippen molar-refractivity contribution in [2.75, 3.05) is 25.5 Å². The van der Waals surface area contributed by atoms with Crippen LogP contribution in [-0.2, 0) is 17.9 Å². The van der Waals surface area contributed by atoms with E-state index in [1.807, 2.05) is 37.3 Å². The summed E-state index contributed by atoms with van der Waals surface area (Å²) in [5, 5.41) is 6.27. The maximum Gasteiger partial charge on any atom is 0.227 e. The molecule has 1 aromatic carbocycles. The maximum absolute atomic E-state index is 12.9. The van der Waals surface area contributed by atoms with Crippen molar-refractivity contribution in [2.45, 2.75) is 32.9 Å². The lowest BCUT2D eigenvalue weighted by Gasteiger charge is -2.30. The fourth-order valence-corrected chi connectivity index (χ4v) is 4.42. The Bertz CT molecular complexity index is 1030. The maximum atomic E-state index is 12.9. The minimum atomic E-state index is 0.00621. The molecule has 1 amide bonds. The molecule has 7 nitrogen and oxygen atoms in total. The second-order valence-electron chi connectivity index (χ2n) is 7.91. The average Bonchev–Trinajstić information content (AvgIpc) is 3.23. The Labute approximate surface area is 192 Å². The first kappa shape index (κ1) is 22.2. The highest BCUT2D eigenvalue weighted by molar-refractivity contribution is 7.09. The number of rotatable bonds is 8. The number of pyridine rings is 1. The fourth-order valence-electron chi connectivity index (χ4n) is 3.81. The van der Waals surface area contributed by atoms with Crippen LogP contribution < -0.4 is 14.8 Å². The van der Waals surface area contributed by atoms with Crippen molar-refractivity contribution < 1.29 is 14.3 Å². The molecule has 0 unspecified atom stereocenters. The Balaban J connectivity index is 1.31. The summed E-state index contributed by atoms with van der Waals surface area (Å²) in [5.41, 5.74) is 2.84. The largest absolute Gasteiger partial charge is 0.493 e. The first-order valence-corrected chi connectivity index (χ1v) is 11.6. The van der Waals surface area contributed by atoms with Gasteiger partial charge in [0.15, 0.2) is 11.5 Å². The van der Waals surface area contributed by atoms with Crippen molar-refractivity contribution in [3.05, 3.63) is 64.4 Å². The van der Waals surface area contributed by atoms with Crippen LogP contribution in [-0.4, -0.2) is 41.0 Å². The third-order valence-electron chi connectivity index (χ3n) is 5.59. The molecular weight excluding hydrogens is 424 g/mol. The Morgan fingerprint density at radius 2 is 1.97 bits per heavy atom. The second-order valence-corrected chi connectivity index (χ2v) is 8.97. The fraction of sp³-hybridized carbons (Fsp3) is 0.375. The van der Waals surface area contributed by atoms with Crippen LogP contribution in [0, 0.1) is 12.8 Å². The lowest BCUT2D eigenvalue weighted by atomic mass is 9.95. The molecule has 1 aliphatic rings. The topological polar surface area (TPSA) is 76.6 Å².